The fraction of sp³-hybridized carbons (Fsp3) is 0.800. The second-order valence-electron chi connectivity index (χ2n) is 4.11. The fourth-order valence-corrected chi connectivity index (χ4v) is 1.94. The van der Waals surface area contributed by atoms with E-state index in [9.17, 15) is 9.59 Å². The summed E-state index contributed by atoms with van der Waals surface area (Å²) in [6.07, 6.45) is 1.66. The monoisotopic (exact) mass is 214 g/mol. The Morgan fingerprint density at radius 2 is 2.20 bits per heavy atom. The highest BCUT2D eigenvalue weighted by Gasteiger charge is 2.34. The van der Waals surface area contributed by atoms with Gasteiger partial charge in [-0.05, 0) is 18.8 Å². The largest absolute Gasteiger partial charge is 0.480 e. The van der Waals surface area contributed by atoms with Crippen LogP contribution in [0, 0.1) is 5.92 Å². The van der Waals surface area contributed by atoms with Gasteiger partial charge in [-0.25, -0.2) is 4.79 Å². The Labute approximate surface area is 89.2 Å². The first-order valence-electron chi connectivity index (χ1n) is 5.28. The molecule has 2 unspecified atom stereocenters. The van der Waals surface area contributed by atoms with Crippen LogP contribution >= 0.6 is 0 Å². The van der Waals surface area contributed by atoms with Crippen molar-refractivity contribution < 1.29 is 14.7 Å². The van der Waals surface area contributed by atoms with Crippen LogP contribution in [0.5, 0.6) is 0 Å². The first-order valence-corrected chi connectivity index (χ1v) is 5.28. The second-order valence-corrected chi connectivity index (χ2v) is 4.11. The molecule has 0 aromatic carbocycles. The Morgan fingerprint density at radius 1 is 1.53 bits per heavy atom. The summed E-state index contributed by atoms with van der Waals surface area (Å²) in [5.41, 5.74) is 5.29. The maximum atomic E-state index is 11.6. The van der Waals surface area contributed by atoms with Gasteiger partial charge in [-0.1, -0.05) is 6.92 Å². The van der Waals surface area contributed by atoms with Crippen LogP contribution in [0.4, 0.5) is 0 Å². The number of likely N-dealkylation sites (tertiary alicyclic amines) is 1. The van der Waals surface area contributed by atoms with Crippen molar-refractivity contribution in [3.05, 3.63) is 0 Å². The smallest absolute Gasteiger partial charge is 0.326 e. The minimum Gasteiger partial charge on any atom is -0.480 e. The van der Waals surface area contributed by atoms with Gasteiger partial charge < -0.3 is 15.7 Å². The zero-order valence-electron chi connectivity index (χ0n) is 8.98. The van der Waals surface area contributed by atoms with E-state index in [2.05, 4.69) is 0 Å². The summed E-state index contributed by atoms with van der Waals surface area (Å²) in [6, 6.07) is -0.659. The van der Waals surface area contributed by atoms with Crippen molar-refractivity contribution in [1.82, 2.24) is 4.90 Å². The van der Waals surface area contributed by atoms with Gasteiger partial charge in [0.25, 0.3) is 0 Å². The molecule has 1 aliphatic heterocycles. The van der Waals surface area contributed by atoms with Crippen LogP contribution in [-0.4, -0.2) is 41.0 Å². The van der Waals surface area contributed by atoms with E-state index in [-0.39, 0.29) is 18.9 Å². The van der Waals surface area contributed by atoms with E-state index in [0.29, 0.717) is 18.9 Å². The normalized spacial score (nSPS) is 26.4. The van der Waals surface area contributed by atoms with E-state index in [4.69, 9.17) is 10.8 Å². The molecule has 0 aliphatic carbocycles. The lowest BCUT2D eigenvalue weighted by molar-refractivity contribution is -0.153. The molecule has 5 heteroatoms. The summed E-state index contributed by atoms with van der Waals surface area (Å²) in [5, 5.41) is 9.02. The van der Waals surface area contributed by atoms with Crippen molar-refractivity contribution in [2.75, 3.05) is 13.1 Å². The van der Waals surface area contributed by atoms with Crippen molar-refractivity contribution in [1.29, 1.82) is 0 Å². The molecule has 1 heterocycles. The maximum absolute atomic E-state index is 11.6. The molecule has 86 valence electrons. The first-order chi connectivity index (χ1) is 7.06. The quantitative estimate of drug-likeness (QED) is 0.695. The van der Waals surface area contributed by atoms with Crippen LogP contribution < -0.4 is 5.73 Å². The van der Waals surface area contributed by atoms with E-state index in [1.807, 2.05) is 6.92 Å². The van der Waals surface area contributed by atoms with E-state index in [1.54, 1.807) is 0 Å². The number of aliphatic carboxylic acids is 1. The zero-order valence-corrected chi connectivity index (χ0v) is 8.98. The van der Waals surface area contributed by atoms with Crippen molar-refractivity contribution in [3.63, 3.8) is 0 Å². The summed E-state index contributed by atoms with van der Waals surface area (Å²) in [5.74, 6) is -0.684. The Hall–Kier alpha value is -1.10. The van der Waals surface area contributed by atoms with Crippen LogP contribution in [0.25, 0.3) is 0 Å². The van der Waals surface area contributed by atoms with Crippen molar-refractivity contribution in [3.8, 4) is 0 Å². The average molecular weight is 214 g/mol. The van der Waals surface area contributed by atoms with Crippen LogP contribution in [0.15, 0.2) is 0 Å². The zero-order chi connectivity index (χ0) is 11.4. The molecule has 1 aliphatic rings. The molecule has 15 heavy (non-hydrogen) atoms. The predicted molar refractivity (Wildman–Crippen MR) is 55.2 cm³/mol. The Balaban J connectivity index is 2.68. The Morgan fingerprint density at radius 3 is 2.73 bits per heavy atom. The summed E-state index contributed by atoms with van der Waals surface area (Å²) < 4.78 is 0. The molecule has 3 N–H and O–H groups in total. The number of nitrogens with zero attached hydrogens (tertiary/aromatic N) is 1. The number of hydrogen-bond donors (Lipinski definition) is 2. The van der Waals surface area contributed by atoms with Gasteiger partial charge in [0.1, 0.15) is 6.04 Å². The molecule has 1 saturated heterocycles. The number of carbonyl (C=O) groups excluding carboxylic acids is 1. The lowest BCUT2D eigenvalue weighted by Crippen LogP contribution is -2.50. The number of amides is 1. The number of carboxylic acids is 1. The maximum Gasteiger partial charge on any atom is 0.326 e. The topological polar surface area (TPSA) is 83.6 Å². The van der Waals surface area contributed by atoms with Crippen molar-refractivity contribution in [2.24, 2.45) is 11.7 Å². The summed E-state index contributed by atoms with van der Waals surface area (Å²) in [4.78, 5) is 24.0. The number of rotatable bonds is 3. The van der Waals surface area contributed by atoms with E-state index >= 15 is 0 Å². The van der Waals surface area contributed by atoms with Gasteiger partial charge in [0.15, 0.2) is 0 Å². The van der Waals surface area contributed by atoms with Gasteiger partial charge in [0.05, 0.1) is 0 Å². The number of carbonyl (C=O) groups is 2. The molecule has 0 radical (unpaired) electrons. The lowest BCUT2D eigenvalue weighted by Gasteiger charge is -2.36. The summed E-state index contributed by atoms with van der Waals surface area (Å²) >= 11 is 0. The highest BCUT2D eigenvalue weighted by atomic mass is 16.4. The number of hydrogen-bond acceptors (Lipinski definition) is 3. The molecule has 0 aromatic rings. The molecule has 0 aromatic heterocycles. The number of piperidine rings is 1. The standard InChI is InChI=1S/C10H18N2O3/c1-7-3-5-12(9(13)2-4-11)8(6-7)10(14)15/h7-8H,2-6,11H2,1H3,(H,14,15). The molecule has 0 spiro atoms. The Kier molecular flexibility index (Phi) is 4.08. The lowest BCUT2D eigenvalue weighted by atomic mass is 9.92. The van der Waals surface area contributed by atoms with Gasteiger partial charge in [-0.2, -0.15) is 0 Å². The van der Waals surface area contributed by atoms with Gasteiger partial charge in [0.2, 0.25) is 5.91 Å². The molecule has 2 atom stereocenters. The predicted octanol–water partition coefficient (Wildman–Crippen LogP) is 0.0469. The minimum absolute atomic E-state index is 0.142. The van der Waals surface area contributed by atoms with Crippen molar-refractivity contribution >= 4 is 11.9 Å². The molecule has 5 nitrogen and oxygen atoms in total. The van der Waals surface area contributed by atoms with Crippen LogP contribution in [0.2, 0.25) is 0 Å². The van der Waals surface area contributed by atoms with E-state index in [1.165, 1.54) is 4.90 Å². The molecule has 0 bridgehead atoms. The summed E-state index contributed by atoms with van der Waals surface area (Å²) in [7, 11) is 0. The molecule has 1 amide bonds. The Bertz CT molecular complexity index is 255. The fourth-order valence-electron chi connectivity index (χ4n) is 1.94. The van der Waals surface area contributed by atoms with Crippen molar-refractivity contribution in [2.45, 2.75) is 32.2 Å². The number of carboxylic acid groups (broad SMARTS) is 1. The van der Waals surface area contributed by atoms with E-state index in [0.717, 1.165) is 6.42 Å². The minimum atomic E-state index is -0.910. The molecular weight excluding hydrogens is 196 g/mol. The average Bonchev–Trinajstić information content (AvgIpc) is 2.17. The van der Waals surface area contributed by atoms with Gasteiger partial charge >= 0.3 is 5.97 Å². The van der Waals surface area contributed by atoms with Gasteiger partial charge in [-0.3, -0.25) is 4.79 Å². The SMILES string of the molecule is CC1CCN(C(=O)CCN)C(C(=O)O)C1. The van der Waals surface area contributed by atoms with Crippen LogP contribution in [-0.2, 0) is 9.59 Å². The molecule has 0 saturated carbocycles. The van der Waals surface area contributed by atoms with Gasteiger partial charge in [0, 0.05) is 19.5 Å². The van der Waals surface area contributed by atoms with Crippen LogP contribution in [0.1, 0.15) is 26.2 Å². The molecule has 1 fully saturated rings. The highest BCUT2D eigenvalue weighted by molar-refractivity contribution is 5.84. The molecule has 1 rings (SSSR count). The second kappa shape index (κ2) is 5.11. The van der Waals surface area contributed by atoms with E-state index < -0.39 is 12.0 Å². The van der Waals surface area contributed by atoms with Crippen LogP contribution in [0.3, 0.4) is 0 Å². The highest BCUT2D eigenvalue weighted by Crippen LogP contribution is 2.23. The molecular formula is C10H18N2O3. The summed E-state index contributed by atoms with van der Waals surface area (Å²) in [6.45, 7) is 2.83. The number of nitrogens with two attached hydrogens (primary N) is 1. The third kappa shape index (κ3) is 2.92. The third-order valence-corrected chi connectivity index (χ3v) is 2.83. The third-order valence-electron chi connectivity index (χ3n) is 2.83. The first kappa shape index (κ1) is 12.0. The van der Waals surface area contributed by atoms with Gasteiger partial charge in [-0.15, -0.1) is 0 Å².